The summed E-state index contributed by atoms with van der Waals surface area (Å²) >= 11 is 0. The van der Waals surface area contributed by atoms with E-state index in [1.807, 2.05) is 78.9 Å². The number of anilines is 1. The number of carbonyl (C=O) groups excluding carboxylic acids is 2. The van der Waals surface area contributed by atoms with Crippen LogP contribution < -0.4 is 15.4 Å². The Kier molecular flexibility index (Phi) is 6.09. The average Bonchev–Trinajstić information content (AvgIpc) is 2.78. The molecule has 1 heterocycles. The molecular weight excluding hydrogens is 376 g/mol. The molecule has 2 amide bonds. The monoisotopic (exact) mass is 400 g/mol. The number of nitrogens with one attached hydrogen (secondary N) is 2. The summed E-state index contributed by atoms with van der Waals surface area (Å²) in [6.07, 6.45) is 1.21. The largest absolute Gasteiger partial charge is 0.492 e. The number of ether oxygens (including phenoxy) is 1. The second kappa shape index (κ2) is 9.27. The van der Waals surface area contributed by atoms with Crippen LogP contribution in [-0.4, -0.2) is 25.0 Å². The molecule has 2 N–H and O–H groups in total. The predicted octanol–water partition coefficient (Wildman–Crippen LogP) is 3.90. The summed E-state index contributed by atoms with van der Waals surface area (Å²) in [7, 11) is 0. The van der Waals surface area contributed by atoms with Crippen LogP contribution >= 0.6 is 0 Å². The van der Waals surface area contributed by atoms with Crippen LogP contribution in [0.3, 0.4) is 0 Å². The van der Waals surface area contributed by atoms with Gasteiger partial charge < -0.3 is 15.4 Å². The second-order valence-electron chi connectivity index (χ2n) is 7.26. The Morgan fingerprint density at radius 1 is 0.933 bits per heavy atom. The van der Waals surface area contributed by atoms with Crippen molar-refractivity contribution in [1.29, 1.82) is 0 Å². The van der Waals surface area contributed by atoms with Crippen molar-refractivity contribution in [2.24, 2.45) is 0 Å². The molecule has 0 fully saturated rings. The molecule has 0 unspecified atom stereocenters. The van der Waals surface area contributed by atoms with Gasteiger partial charge in [0.15, 0.2) is 0 Å². The van der Waals surface area contributed by atoms with Crippen LogP contribution in [0.1, 0.15) is 29.0 Å². The lowest BCUT2D eigenvalue weighted by Crippen LogP contribution is -2.33. The number of fused-ring (bicyclic) bond motifs is 1. The van der Waals surface area contributed by atoms with Gasteiger partial charge in [-0.15, -0.1) is 0 Å². The number of hydrogen-bond donors (Lipinski definition) is 2. The first-order valence-electron chi connectivity index (χ1n) is 10.1. The first-order chi connectivity index (χ1) is 14.7. The highest BCUT2D eigenvalue weighted by molar-refractivity contribution is 5.94. The second-order valence-corrected chi connectivity index (χ2v) is 7.26. The SMILES string of the molecule is O=C1CCc2cc(OCCNC(=O)C(c3ccccc3)c3ccccc3)ccc2N1. The Morgan fingerprint density at radius 2 is 1.60 bits per heavy atom. The fourth-order valence-corrected chi connectivity index (χ4v) is 3.68. The van der Waals surface area contributed by atoms with Crippen LogP contribution in [0.25, 0.3) is 0 Å². The van der Waals surface area contributed by atoms with Gasteiger partial charge in [-0.1, -0.05) is 60.7 Å². The lowest BCUT2D eigenvalue weighted by atomic mass is 9.90. The Hall–Kier alpha value is -3.60. The van der Waals surface area contributed by atoms with Crippen molar-refractivity contribution < 1.29 is 14.3 Å². The number of rotatable bonds is 7. The zero-order valence-electron chi connectivity index (χ0n) is 16.6. The summed E-state index contributed by atoms with van der Waals surface area (Å²) < 4.78 is 5.81. The molecular formula is C25H24N2O3. The number of aryl methyl sites for hydroxylation is 1. The van der Waals surface area contributed by atoms with Gasteiger partial charge in [0.2, 0.25) is 11.8 Å². The summed E-state index contributed by atoms with van der Waals surface area (Å²) in [5.41, 5.74) is 3.84. The first-order valence-corrected chi connectivity index (χ1v) is 10.1. The topological polar surface area (TPSA) is 67.4 Å². The van der Waals surface area contributed by atoms with Crippen molar-refractivity contribution in [1.82, 2.24) is 5.32 Å². The van der Waals surface area contributed by atoms with Gasteiger partial charge in [-0.3, -0.25) is 9.59 Å². The third kappa shape index (κ3) is 4.69. The Balaban J connectivity index is 1.36. The van der Waals surface area contributed by atoms with Crippen LogP contribution in [0.5, 0.6) is 5.75 Å². The summed E-state index contributed by atoms with van der Waals surface area (Å²) in [5.74, 6) is 0.371. The standard InChI is InChI=1S/C25H24N2O3/c28-23-14-11-20-17-21(12-13-22(20)27-23)30-16-15-26-25(29)24(18-7-3-1-4-8-18)19-9-5-2-6-10-19/h1-10,12-13,17,24H,11,14-16H2,(H,26,29)(H,27,28). The quantitative estimate of drug-likeness (QED) is 0.591. The molecule has 0 aromatic heterocycles. The molecule has 4 rings (SSSR count). The molecule has 5 nitrogen and oxygen atoms in total. The van der Waals surface area contributed by atoms with Crippen LogP contribution in [-0.2, 0) is 16.0 Å². The molecule has 0 aliphatic carbocycles. The van der Waals surface area contributed by atoms with E-state index in [1.165, 1.54) is 0 Å². The fraction of sp³-hybridized carbons (Fsp3) is 0.200. The zero-order chi connectivity index (χ0) is 20.8. The van der Waals surface area contributed by atoms with E-state index in [0.717, 1.165) is 28.1 Å². The van der Waals surface area contributed by atoms with Crippen LogP contribution in [0.4, 0.5) is 5.69 Å². The van der Waals surface area contributed by atoms with Crippen molar-refractivity contribution in [3.63, 3.8) is 0 Å². The van der Waals surface area contributed by atoms with E-state index in [0.29, 0.717) is 26.0 Å². The van der Waals surface area contributed by atoms with E-state index in [4.69, 9.17) is 4.74 Å². The van der Waals surface area contributed by atoms with Crippen molar-refractivity contribution in [3.8, 4) is 5.75 Å². The van der Waals surface area contributed by atoms with Gasteiger partial charge in [0.25, 0.3) is 0 Å². The molecule has 0 saturated carbocycles. The highest BCUT2D eigenvalue weighted by atomic mass is 16.5. The minimum atomic E-state index is -0.361. The van der Waals surface area contributed by atoms with E-state index in [-0.39, 0.29) is 17.7 Å². The van der Waals surface area contributed by atoms with Gasteiger partial charge in [-0.25, -0.2) is 0 Å². The highest BCUT2D eigenvalue weighted by Crippen LogP contribution is 2.27. The van der Waals surface area contributed by atoms with Gasteiger partial charge in [0, 0.05) is 12.1 Å². The van der Waals surface area contributed by atoms with E-state index in [1.54, 1.807) is 0 Å². The van der Waals surface area contributed by atoms with Crippen LogP contribution in [0, 0.1) is 0 Å². The van der Waals surface area contributed by atoms with E-state index < -0.39 is 0 Å². The minimum Gasteiger partial charge on any atom is -0.492 e. The first kappa shape index (κ1) is 19.7. The van der Waals surface area contributed by atoms with Crippen LogP contribution in [0.15, 0.2) is 78.9 Å². The maximum absolute atomic E-state index is 13.0. The van der Waals surface area contributed by atoms with Crippen molar-refractivity contribution >= 4 is 17.5 Å². The summed E-state index contributed by atoms with van der Waals surface area (Å²) in [6, 6.07) is 25.2. The molecule has 152 valence electrons. The molecule has 1 aliphatic rings. The maximum atomic E-state index is 13.0. The van der Waals surface area contributed by atoms with Gasteiger partial charge >= 0.3 is 0 Å². The molecule has 5 heteroatoms. The molecule has 30 heavy (non-hydrogen) atoms. The lowest BCUT2D eigenvalue weighted by molar-refractivity contribution is -0.121. The van der Waals surface area contributed by atoms with Gasteiger partial charge in [-0.2, -0.15) is 0 Å². The summed E-state index contributed by atoms with van der Waals surface area (Å²) in [4.78, 5) is 24.4. The van der Waals surface area contributed by atoms with Crippen molar-refractivity contribution in [2.45, 2.75) is 18.8 Å². The number of benzene rings is 3. The molecule has 1 aliphatic heterocycles. The number of carbonyl (C=O) groups is 2. The van der Waals surface area contributed by atoms with E-state index in [2.05, 4.69) is 10.6 Å². The minimum absolute atomic E-state index is 0.0465. The number of amides is 2. The molecule has 0 spiro atoms. The van der Waals surface area contributed by atoms with E-state index >= 15 is 0 Å². The Labute approximate surface area is 176 Å². The molecule has 0 saturated heterocycles. The number of hydrogen-bond acceptors (Lipinski definition) is 3. The third-order valence-electron chi connectivity index (χ3n) is 5.17. The van der Waals surface area contributed by atoms with Crippen molar-refractivity contribution in [3.05, 3.63) is 95.6 Å². The van der Waals surface area contributed by atoms with E-state index in [9.17, 15) is 9.59 Å². The molecule has 0 atom stereocenters. The van der Waals surface area contributed by atoms with Gasteiger partial charge in [0.1, 0.15) is 12.4 Å². The highest BCUT2D eigenvalue weighted by Gasteiger charge is 2.22. The smallest absolute Gasteiger partial charge is 0.232 e. The normalized spacial score (nSPS) is 12.8. The van der Waals surface area contributed by atoms with Crippen LogP contribution in [0.2, 0.25) is 0 Å². The molecule has 0 radical (unpaired) electrons. The zero-order valence-corrected chi connectivity index (χ0v) is 16.6. The van der Waals surface area contributed by atoms with Crippen molar-refractivity contribution in [2.75, 3.05) is 18.5 Å². The predicted molar refractivity (Wildman–Crippen MR) is 117 cm³/mol. The van der Waals surface area contributed by atoms with Gasteiger partial charge in [0.05, 0.1) is 12.5 Å². The fourth-order valence-electron chi connectivity index (χ4n) is 3.68. The average molecular weight is 400 g/mol. The maximum Gasteiger partial charge on any atom is 0.232 e. The molecule has 3 aromatic carbocycles. The summed E-state index contributed by atoms with van der Waals surface area (Å²) in [5, 5.41) is 5.86. The lowest BCUT2D eigenvalue weighted by Gasteiger charge is -2.19. The summed E-state index contributed by atoms with van der Waals surface area (Å²) in [6.45, 7) is 0.774. The molecule has 0 bridgehead atoms. The third-order valence-corrected chi connectivity index (χ3v) is 5.17. The Morgan fingerprint density at radius 3 is 2.27 bits per heavy atom. The molecule has 3 aromatic rings. The van der Waals surface area contributed by atoms with Gasteiger partial charge in [-0.05, 0) is 41.3 Å². The Bertz CT molecular complexity index is 980.